The van der Waals surface area contributed by atoms with E-state index in [9.17, 15) is 9.59 Å². The molecular weight excluding hydrogens is 238 g/mol. The van der Waals surface area contributed by atoms with Crippen LogP contribution in [-0.2, 0) is 9.59 Å². The Labute approximate surface area is 95.3 Å². The third-order valence-electron chi connectivity index (χ3n) is 1.57. The van der Waals surface area contributed by atoms with Gasteiger partial charge in [0.25, 0.3) is 0 Å². The average Bonchev–Trinajstić information content (AvgIpc) is 2.15. The molecular formula is C8H8ClN3O4. The van der Waals surface area contributed by atoms with Crippen molar-refractivity contribution in [2.75, 3.05) is 18.0 Å². The maximum absolute atomic E-state index is 10.5. The largest absolute Gasteiger partial charge is 0.480 e. The number of hydrogen-bond acceptors (Lipinski definition) is 5. The number of aromatic nitrogens is 2. The monoisotopic (exact) mass is 245 g/mol. The number of rotatable bonds is 5. The predicted octanol–water partition coefficient (Wildman–Crippen LogP) is 0.106. The van der Waals surface area contributed by atoms with Crippen LogP contribution in [0.25, 0.3) is 0 Å². The van der Waals surface area contributed by atoms with Crippen LogP contribution in [0.4, 0.5) is 5.82 Å². The summed E-state index contributed by atoms with van der Waals surface area (Å²) in [4.78, 5) is 29.6. The van der Waals surface area contributed by atoms with E-state index in [2.05, 4.69) is 9.97 Å². The zero-order chi connectivity index (χ0) is 12.1. The fourth-order valence-electron chi connectivity index (χ4n) is 1.03. The Morgan fingerprint density at radius 3 is 2.25 bits per heavy atom. The van der Waals surface area contributed by atoms with Gasteiger partial charge in [-0.2, -0.15) is 0 Å². The molecule has 0 saturated heterocycles. The minimum atomic E-state index is -1.16. The van der Waals surface area contributed by atoms with Crippen molar-refractivity contribution < 1.29 is 19.8 Å². The van der Waals surface area contributed by atoms with E-state index in [1.54, 1.807) is 0 Å². The lowest BCUT2D eigenvalue weighted by atomic mass is 10.4. The fourth-order valence-corrected chi connectivity index (χ4v) is 1.17. The van der Waals surface area contributed by atoms with Gasteiger partial charge >= 0.3 is 11.9 Å². The van der Waals surface area contributed by atoms with Gasteiger partial charge in [0.1, 0.15) is 24.1 Å². The maximum Gasteiger partial charge on any atom is 0.323 e. The highest BCUT2D eigenvalue weighted by Crippen LogP contribution is 2.11. The summed E-state index contributed by atoms with van der Waals surface area (Å²) >= 11 is 5.57. The molecule has 0 saturated carbocycles. The van der Waals surface area contributed by atoms with E-state index in [0.29, 0.717) is 0 Å². The molecule has 0 fully saturated rings. The van der Waals surface area contributed by atoms with E-state index in [4.69, 9.17) is 21.8 Å². The van der Waals surface area contributed by atoms with E-state index in [1.807, 2.05) is 0 Å². The van der Waals surface area contributed by atoms with E-state index in [-0.39, 0.29) is 11.0 Å². The molecule has 0 aliphatic carbocycles. The molecule has 0 amide bonds. The van der Waals surface area contributed by atoms with Crippen LogP contribution in [0.1, 0.15) is 0 Å². The van der Waals surface area contributed by atoms with Gasteiger partial charge in [-0.15, -0.1) is 0 Å². The highest BCUT2D eigenvalue weighted by Gasteiger charge is 2.15. The zero-order valence-corrected chi connectivity index (χ0v) is 8.76. The van der Waals surface area contributed by atoms with Gasteiger partial charge in [-0.3, -0.25) is 14.6 Å². The van der Waals surface area contributed by atoms with Gasteiger partial charge in [0.2, 0.25) is 0 Å². The number of carboxylic acids is 2. The first kappa shape index (κ1) is 12.2. The van der Waals surface area contributed by atoms with Gasteiger partial charge in [0.15, 0.2) is 0 Å². The second-order valence-corrected chi connectivity index (χ2v) is 3.23. The Balaban J connectivity index is 2.90. The standard InChI is InChI=1S/C8H8ClN3O4/c9-5-1-10-2-6(11-5)12(3-7(13)14)4-8(15)16/h1-2H,3-4H2,(H,13,14)(H,15,16). The van der Waals surface area contributed by atoms with Crippen molar-refractivity contribution in [2.45, 2.75) is 0 Å². The van der Waals surface area contributed by atoms with Gasteiger partial charge in [0, 0.05) is 0 Å². The van der Waals surface area contributed by atoms with Crippen molar-refractivity contribution in [2.24, 2.45) is 0 Å². The van der Waals surface area contributed by atoms with Crippen molar-refractivity contribution in [1.29, 1.82) is 0 Å². The molecule has 1 aromatic heterocycles. The summed E-state index contributed by atoms with van der Waals surface area (Å²) in [7, 11) is 0. The molecule has 16 heavy (non-hydrogen) atoms. The molecule has 0 aliphatic heterocycles. The molecule has 0 atom stereocenters. The van der Waals surface area contributed by atoms with Gasteiger partial charge in [-0.05, 0) is 0 Å². The fraction of sp³-hybridized carbons (Fsp3) is 0.250. The minimum absolute atomic E-state index is 0.0678. The smallest absolute Gasteiger partial charge is 0.323 e. The van der Waals surface area contributed by atoms with Crippen LogP contribution in [0, 0.1) is 0 Å². The van der Waals surface area contributed by atoms with Gasteiger partial charge in [0.05, 0.1) is 12.4 Å². The van der Waals surface area contributed by atoms with E-state index in [0.717, 1.165) is 4.90 Å². The average molecular weight is 246 g/mol. The van der Waals surface area contributed by atoms with Gasteiger partial charge in [-0.1, -0.05) is 11.6 Å². The molecule has 0 aliphatic rings. The first-order chi connectivity index (χ1) is 7.49. The van der Waals surface area contributed by atoms with Crippen molar-refractivity contribution in [1.82, 2.24) is 9.97 Å². The third-order valence-corrected chi connectivity index (χ3v) is 1.75. The molecule has 8 heteroatoms. The molecule has 86 valence electrons. The maximum atomic E-state index is 10.5. The molecule has 7 nitrogen and oxygen atoms in total. The quantitative estimate of drug-likeness (QED) is 0.758. The van der Waals surface area contributed by atoms with E-state index < -0.39 is 25.0 Å². The third kappa shape index (κ3) is 3.70. The number of nitrogens with zero attached hydrogens (tertiary/aromatic N) is 3. The summed E-state index contributed by atoms with van der Waals surface area (Å²) in [6.45, 7) is -0.970. The second kappa shape index (κ2) is 5.26. The van der Waals surface area contributed by atoms with Crippen LogP contribution in [0.2, 0.25) is 5.15 Å². The van der Waals surface area contributed by atoms with Gasteiger partial charge < -0.3 is 15.1 Å². The zero-order valence-electron chi connectivity index (χ0n) is 8.00. The van der Waals surface area contributed by atoms with Crippen molar-refractivity contribution in [3.63, 3.8) is 0 Å². The number of carboxylic acid groups (broad SMARTS) is 2. The lowest BCUT2D eigenvalue weighted by Crippen LogP contribution is -2.35. The van der Waals surface area contributed by atoms with Crippen LogP contribution >= 0.6 is 11.6 Å². The van der Waals surface area contributed by atoms with Crippen LogP contribution in [0.5, 0.6) is 0 Å². The summed E-state index contributed by atoms with van der Waals surface area (Å²) in [6, 6.07) is 0. The summed E-state index contributed by atoms with van der Waals surface area (Å²) in [5, 5.41) is 17.3. The van der Waals surface area contributed by atoms with E-state index in [1.165, 1.54) is 12.4 Å². The van der Waals surface area contributed by atoms with Crippen molar-refractivity contribution in [3.05, 3.63) is 17.5 Å². The molecule has 1 rings (SSSR count). The molecule has 0 radical (unpaired) electrons. The Hall–Kier alpha value is -1.89. The number of carbonyl (C=O) groups is 2. The van der Waals surface area contributed by atoms with E-state index >= 15 is 0 Å². The normalized spacial score (nSPS) is 9.81. The summed E-state index contributed by atoms with van der Waals surface area (Å²) in [5.74, 6) is -2.22. The lowest BCUT2D eigenvalue weighted by Gasteiger charge is -2.18. The van der Waals surface area contributed by atoms with Crippen LogP contribution in [-0.4, -0.2) is 45.2 Å². The second-order valence-electron chi connectivity index (χ2n) is 2.84. The number of halogens is 1. The molecule has 0 unspecified atom stereocenters. The Bertz CT molecular complexity index is 396. The highest BCUT2D eigenvalue weighted by molar-refractivity contribution is 6.29. The number of aliphatic carboxylic acids is 2. The Morgan fingerprint density at radius 1 is 1.25 bits per heavy atom. The molecule has 0 aromatic carbocycles. The summed E-state index contributed by atoms with van der Waals surface area (Å²) in [6.07, 6.45) is 2.52. The first-order valence-corrected chi connectivity index (χ1v) is 4.53. The van der Waals surface area contributed by atoms with Gasteiger partial charge in [-0.25, -0.2) is 4.98 Å². The SMILES string of the molecule is O=C(O)CN(CC(=O)O)c1cncc(Cl)n1. The highest BCUT2D eigenvalue weighted by atomic mass is 35.5. The molecule has 1 heterocycles. The summed E-state index contributed by atoms with van der Waals surface area (Å²) in [5.41, 5.74) is 0. The van der Waals surface area contributed by atoms with Crippen molar-refractivity contribution in [3.8, 4) is 0 Å². The lowest BCUT2D eigenvalue weighted by molar-refractivity contribution is -0.136. The Morgan fingerprint density at radius 2 is 1.81 bits per heavy atom. The molecule has 1 aromatic rings. The summed E-state index contributed by atoms with van der Waals surface area (Å²) < 4.78 is 0. The van der Waals surface area contributed by atoms with Crippen LogP contribution < -0.4 is 4.90 Å². The predicted molar refractivity (Wildman–Crippen MR) is 54.5 cm³/mol. The van der Waals surface area contributed by atoms with Crippen LogP contribution in [0.3, 0.4) is 0 Å². The molecule has 0 spiro atoms. The first-order valence-electron chi connectivity index (χ1n) is 4.15. The topological polar surface area (TPSA) is 104 Å². The number of anilines is 1. The molecule has 0 bridgehead atoms. The van der Waals surface area contributed by atoms with Crippen molar-refractivity contribution >= 4 is 29.4 Å². The Kier molecular flexibility index (Phi) is 4.01. The minimum Gasteiger partial charge on any atom is -0.480 e. The molecule has 2 N–H and O–H groups in total. The number of hydrogen-bond donors (Lipinski definition) is 2. The van der Waals surface area contributed by atoms with Crippen LogP contribution in [0.15, 0.2) is 12.4 Å².